The van der Waals surface area contributed by atoms with E-state index in [1.807, 2.05) is 0 Å². The van der Waals surface area contributed by atoms with Crippen molar-refractivity contribution in [2.24, 2.45) is 5.92 Å². The van der Waals surface area contributed by atoms with E-state index in [4.69, 9.17) is 9.47 Å². The zero-order chi connectivity index (χ0) is 5.40. The summed E-state index contributed by atoms with van der Waals surface area (Å²) in [7, 11) is 0. The SMILES string of the molecule is C1CC(C2OCO2)C1. The van der Waals surface area contributed by atoms with Crippen molar-refractivity contribution < 1.29 is 9.47 Å². The molecule has 0 atom stereocenters. The van der Waals surface area contributed by atoms with Gasteiger partial charge in [0.05, 0.1) is 0 Å². The fourth-order valence-corrected chi connectivity index (χ4v) is 1.13. The van der Waals surface area contributed by atoms with E-state index in [-0.39, 0.29) is 6.29 Å². The third kappa shape index (κ3) is 0.565. The molecule has 2 aliphatic rings. The third-order valence-corrected chi connectivity index (χ3v) is 2.00. The van der Waals surface area contributed by atoms with Crippen LogP contribution in [0.5, 0.6) is 0 Å². The Balaban J connectivity index is 1.79. The van der Waals surface area contributed by atoms with Crippen molar-refractivity contribution in [1.82, 2.24) is 0 Å². The van der Waals surface area contributed by atoms with Gasteiger partial charge in [0.1, 0.15) is 0 Å². The second-order valence-corrected chi connectivity index (χ2v) is 2.51. The second-order valence-electron chi connectivity index (χ2n) is 2.51. The largest absolute Gasteiger partial charge is 0.326 e. The summed E-state index contributed by atoms with van der Waals surface area (Å²) in [5, 5.41) is 0. The number of ether oxygens (including phenoxy) is 2. The molecule has 1 saturated carbocycles. The normalized spacial score (nSPS) is 31.5. The summed E-state index contributed by atoms with van der Waals surface area (Å²) in [5.74, 6) is 0.740. The van der Waals surface area contributed by atoms with Crippen LogP contribution < -0.4 is 0 Å². The molecule has 2 rings (SSSR count). The molecule has 2 heteroatoms. The van der Waals surface area contributed by atoms with Crippen molar-refractivity contribution in [3.63, 3.8) is 0 Å². The van der Waals surface area contributed by atoms with E-state index in [1.54, 1.807) is 0 Å². The number of hydrogen-bond acceptors (Lipinski definition) is 2. The molecule has 1 aliphatic carbocycles. The summed E-state index contributed by atoms with van der Waals surface area (Å²) in [5.41, 5.74) is 0. The van der Waals surface area contributed by atoms with Crippen LogP contribution in [0.3, 0.4) is 0 Å². The molecule has 0 spiro atoms. The average Bonchev–Trinajstić information content (AvgIpc) is 1.47. The van der Waals surface area contributed by atoms with Gasteiger partial charge in [-0.2, -0.15) is 0 Å². The molecule has 46 valence electrons. The van der Waals surface area contributed by atoms with Crippen LogP contribution in [0.25, 0.3) is 0 Å². The van der Waals surface area contributed by atoms with Crippen molar-refractivity contribution in [3.8, 4) is 0 Å². The van der Waals surface area contributed by atoms with E-state index in [2.05, 4.69) is 0 Å². The maximum absolute atomic E-state index is 5.11. The molecule has 2 nitrogen and oxygen atoms in total. The predicted molar refractivity (Wildman–Crippen MR) is 28.2 cm³/mol. The molecule has 1 aliphatic heterocycles. The molecule has 0 radical (unpaired) electrons. The molecule has 0 N–H and O–H groups in total. The molecule has 8 heavy (non-hydrogen) atoms. The minimum absolute atomic E-state index is 0.184. The van der Waals surface area contributed by atoms with Gasteiger partial charge in [-0.1, -0.05) is 6.42 Å². The third-order valence-electron chi connectivity index (χ3n) is 2.00. The standard InChI is InChI=1S/C6H10O2/c1-2-5(3-1)6-7-4-8-6/h5-6H,1-4H2. The molecule has 1 heterocycles. The average molecular weight is 114 g/mol. The zero-order valence-corrected chi connectivity index (χ0v) is 4.80. The first-order valence-electron chi connectivity index (χ1n) is 3.20. The van der Waals surface area contributed by atoms with Gasteiger partial charge in [-0.25, -0.2) is 0 Å². The molecular formula is C6H10O2. The summed E-state index contributed by atoms with van der Waals surface area (Å²) in [6, 6.07) is 0. The van der Waals surface area contributed by atoms with Gasteiger partial charge in [0.2, 0.25) is 0 Å². The van der Waals surface area contributed by atoms with Gasteiger partial charge in [-0.05, 0) is 12.8 Å². The monoisotopic (exact) mass is 114 g/mol. The van der Waals surface area contributed by atoms with Crippen LogP contribution in [0.1, 0.15) is 19.3 Å². The van der Waals surface area contributed by atoms with Crippen LogP contribution >= 0.6 is 0 Å². The van der Waals surface area contributed by atoms with E-state index < -0.39 is 0 Å². The van der Waals surface area contributed by atoms with Gasteiger partial charge in [0.25, 0.3) is 0 Å². The van der Waals surface area contributed by atoms with Gasteiger partial charge in [-0.15, -0.1) is 0 Å². The maximum Gasteiger partial charge on any atom is 0.166 e. The Labute approximate surface area is 48.8 Å². The Morgan fingerprint density at radius 1 is 1.12 bits per heavy atom. The van der Waals surface area contributed by atoms with Crippen LogP contribution in [-0.2, 0) is 9.47 Å². The topological polar surface area (TPSA) is 18.5 Å². The fourth-order valence-electron chi connectivity index (χ4n) is 1.13. The van der Waals surface area contributed by atoms with Crippen LogP contribution in [0.2, 0.25) is 0 Å². The Hall–Kier alpha value is -0.0800. The highest BCUT2D eigenvalue weighted by atomic mass is 16.8. The lowest BCUT2D eigenvalue weighted by atomic mass is 9.84. The highest BCUT2D eigenvalue weighted by molar-refractivity contribution is 4.74. The quantitative estimate of drug-likeness (QED) is 0.508. The lowest BCUT2D eigenvalue weighted by Crippen LogP contribution is -2.40. The first-order chi connectivity index (χ1) is 3.97. The first-order valence-corrected chi connectivity index (χ1v) is 3.20. The maximum atomic E-state index is 5.11. The van der Waals surface area contributed by atoms with Crippen molar-refractivity contribution in [2.45, 2.75) is 25.6 Å². The molecule has 2 fully saturated rings. The smallest absolute Gasteiger partial charge is 0.166 e. The lowest BCUT2D eigenvalue weighted by Gasteiger charge is -2.38. The van der Waals surface area contributed by atoms with Crippen molar-refractivity contribution in [1.29, 1.82) is 0 Å². The van der Waals surface area contributed by atoms with Crippen LogP contribution in [0.4, 0.5) is 0 Å². The van der Waals surface area contributed by atoms with Crippen molar-refractivity contribution in [3.05, 3.63) is 0 Å². The van der Waals surface area contributed by atoms with E-state index in [0.29, 0.717) is 6.79 Å². The molecule has 0 bridgehead atoms. The minimum Gasteiger partial charge on any atom is -0.326 e. The fraction of sp³-hybridized carbons (Fsp3) is 1.00. The summed E-state index contributed by atoms with van der Waals surface area (Å²) in [6.07, 6.45) is 4.17. The lowest BCUT2D eigenvalue weighted by molar-refractivity contribution is -0.347. The molecule has 0 aromatic heterocycles. The van der Waals surface area contributed by atoms with E-state index >= 15 is 0 Å². The molecular weight excluding hydrogens is 104 g/mol. The van der Waals surface area contributed by atoms with E-state index in [0.717, 1.165) is 5.92 Å². The zero-order valence-electron chi connectivity index (χ0n) is 4.80. The van der Waals surface area contributed by atoms with Gasteiger partial charge in [0.15, 0.2) is 13.1 Å². The second kappa shape index (κ2) is 1.71. The van der Waals surface area contributed by atoms with Gasteiger partial charge >= 0.3 is 0 Å². The number of rotatable bonds is 1. The summed E-state index contributed by atoms with van der Waals surface area (Å²) in [6.45, 7) is 0.529. The van der Waals surface area contributed by atoms with Crippen molar-refractivity contribution in [2.75, 3.05) is 6.79 Å². The van der Waals surface area contributed by atoms with Crippen LogP contribution in [-0.4, -0.2) is 13.1 Å². The first kappa shape index (κ1) is 4.77. The van der Waals surface area contributed by atoms with Gasteiger partial charge in [0, 0.05) is 5.92 Å². The highest BCUT2D eigenvalue weighted by Crippen LogP contribution is 2.34. The number of hydrogen-bond donors (Lipinski definition) is 0. The minimum atomic E-state index is 0.184. The Morgan fingerprint density at radius 3 is 2.00 bits per heavy atom. The predicted octanol–water partition coefficient (Wildman–Crippen LogP) is 1.12. The molecule has 0 aromatic carbocycles. The van der Waals surface area contributed by atoms with Gasteiger partial charge in [-0.3, -0.25) is 0 Å². The summed E-state index contributed by atoms with van der Waals surface area (Å²) < 4.78 is 10.2. The highest BCUT2D eigenvalue weighted by Gasteiger charge is 2.33. The molecule has 1 saturated heterocycles. The van der Waals surface area contributed by atoms with Gasteiger partial charge < -0.3 is 9.47 Å². The van der Waals surface area contributed by atoms with Crippen molar-refractivity contribution >= 4 is 0 Å². The molecule has 0 amide bonds. The van der Waals surface area contributed by atoms with E-state index in [1.165, 1.54) is 19.3 Å². The molecule has 0 unspecified atom stereocenters. The Morgan fingerprint density at radius 2 is 1.88 bits per heavy atom. The van der Waals surface area contributed by atoms with Crippen LogP contribution in [0.15, 0.2) is 0 Å². The Kier molecular flexibility index (Phi) is 1.02. The summed E-state index contributed by atoms with van der Waals surface area (Å²) in [4.78, 5) is 0. The van der Waals surface area contributed by atoms with E-state index in [9.17, 15) is 0 Å². The van der Waals surface area contributed by atoms with Crippen LogP contribution in [0, 0.1) is 5.92 Å². The summed E-state index contributed by atoms with van der Waals surface area (Å²) >= 11 is 0. The Bertz CT molecular complexity index is 72.5. The molecule has 0 aromatic rings.